The normalized spacial score (nSPS) is 11.1. The van der Waals surface area contributed by atoms with Crippen LogP contribution in [-0.4, -0.2) is 15.9 Å². The number of pyridine rings is 1. The highest BCUT2D eigenvalue weighted by Gasteiger charge is 2.12. The van der Waals surface area contributed by atoms with E-state index in [2.05, 4.69) is 10.3 Å². The van der Waals surface area contributed by atoms with E-state index in [9.17, 15) is 10.1 Å². The van der Waals surface area contributed by atoms with Crippen LogP contribution in [0.15, 0.2) is 30.3 Å². The largest absolute Gasteiger partial charge is 0.309 e. The van der Waals surface area contributed by atoms with Crippen LogP contribution in [0, 0.1) is 10.1 Å². The fourth-order valence-corrected chi connectivity index (χ4v) is 1.73. The van der Waals surface area contributed by atoms with Crippen LogP contribution in [0.1, 0.15) is 19.5 Å². The number of nitro benzene ring substituents is 1. The maximum Gasteiger partial charge on any atom is 0.295 e. The number of nitrogens with one attached hydrogen (secondary N) is 1. The van der Waals surface area contributed by atoms with Gasteiger partial charge in [-0.25, -0.2) is 4.98 Å². The number of benzene rings is 1. The van der Waals surface area contributed by atoms with E-state index in [4.69, 9.17) is 0 Å². The minimum Gasteiger partial charge on any atom is -0.309 e. The summed E-state index contributed by atoms with van der Waals surface area (Å²) in [6.07, 6.45) is 0. The lowest BCUT2D eigenvalue weighted by Gasteiger charge is -2.08. The second kappa shape index (κ2) is 5.10. The molecule has 18 heavy (non-hydrogen) atoms. The van der Waals surface area contributed by atoms with Crippen LogP contribution in [-0.2, 0) is 6.54 Å². The van der Waals surface area contributed by atoms with Crippen molar-refractivity contribution in [1.82, 2.24) is 10.3 Å². The van der Waals surface area contributed by atoms with Crippen LogP contribution in [0.5, 0.6) is 0 Å². The van der Waals surface area contributed by atoms with Gasteiger partial charge in [0.05, 0.1) is 10.6 Å². The van der Waals surface area contributed by atoms with Crippen molar-refractivity contribution >= 4 is 16.6 Å². The van der Waals surface area contributed by atoms with Gasteiger partial charge in [0.15, 0.2) is 0 Å². The van der Waals surface area contributed by atoms with Crippen molar-refractivity contribution in [3.63, 3.8) is 0 Å². The number of nitro groups is 1. The van der Waals surface area contributed by atoms with E-state index in [0.717, 1.165) is 11.1 Å². The summed E-state index contributed by atoms with van der Waals surface area (Å²) in [5.41, 5.74) is 1.31. The fourth-order valence-electron chi connectivity index (χ4n) is 1.73. The van der Waals surface area contributed by atoms with Crippen molar-refractivity contribution in [2.24, 2.45) is 0 Å². The molecule has 0 saturated heterocycles. The Morgan fingerprint density at radius 3 is 2.78 bits per heavy atom. The summed E-state index contributed by atoms with van der Waals surface area (Å²) in [4.78, 5) is 14.9. The molecule has 1 aromatic heterocycles. The molecule has 0 unspecified atom stereocenters. The van der Waals surface area contributed by atoms with Crippen molar-refractivity contribution in [3.05, 3.63) is 46.1 Å². The maximum absolute atomic E-state index is 10.9. The molecule has 0 spiro atoms. The van der Waals surface area contributed by atoms with Crippen molar-refractivity contribution in [2.45, 2.75) is 26.4 Å². The molecular formula is C13H15N3O2. The number of nitrogens with zero attached hydrogens (tertiary/aromatic N) is 2. The molecule has 0 aliphatic rings. The summed E-state index contributed by atoms with van der Waals surface area (Å²) in [6.45, 7) is 4.70. The standard InChI is InChI=1S/C13H15N3O2/c1-9(2)14-8-11-7-6-10-4-3-5-12(16(17)18)13(10)15-11/h3-7,9,14H,8H2,1-2H3. The number of para-hydroxylation sites is 1. The van der Waals surface area contributed by atoms with Crippen molar-refractivity contribution < 1.29 is 4.92 Å². The molecule has 0 radical (unpaired) electrons. The molecule has 5 heteroatoms. The first-order valence-electron chi connectivity index (χ1n) is 5.84. The second-order valence-electron chi connectivity index (χ2n) is 4.44. The zero-order chi connectivity index (χ0) is 13.1. The molecule has 1 aromatic carbocycles. The van der Waals surface area contributed by atoms with E-state index in [1.807, 2.05) is 32.0 Å². The number of hydrogen-bond acceptors (Lipinski definition) is 4. The van der Waals surface area contributed by atoms with Crippen LogP contribution >= 0.6 is 0 Å². The van der Waals surface area contributed by atoms with Gasteiger partial charge in [-0.15, -0.1) is 0 Å². The van der Waals surface area contributed by atoms with Crippen molar-refractivity contribution in [1.29, 1.82) is 0 Å². The Morgan fingerprint density at radius 2 is 2.11 bits per heavy atom. The molecule has 0 saturated carbocycles. The Balaban J connectivity index is 2.42. The highest BCUT2D eigenvalue weighted by molar-refractivity contribution is 5.87. The van der Waals surface area contributed by atoms with E-state index in [1.54, 1.807) is 6.07 Å². The minimum atomic E-state index is -0.394. The number of aromatic nitrogens is 1. The highest BCUT2D eigenvalue weighted by Crippen LogP contribution is 2.23. The fraction of sp³-hybridized carbons (Fsp3) is 0.308. The second-order valence-corrected chi connectivity index (χ2v) is 4.44. The molecule has 0 amide bonds. The van der Waals surface area contributed by atoms with Gasteiger partial charge < -0.3 is 5.32 Å². The molecule has 2 rings (SSSR count). The molecule has 5 nitrogen and oxygen atoms in total. The maximum atomic E-state index is 10.9. The topological polar surface area (TPSA) is 68.1 Å². The summed E-state index contributed by atoms with van der Waals surface area (Å²) >= 11 is 0. The van der Waals surface area contributed by atoms with Gasteiger partial charge in [-0.2, -0.15) is 0 Å². The molecule has 0 atom stereocenters. The predicted molar refractivity (Wildman–Crippen MR) is 70.4 cm³/mol. The zero-order valence-corrected chi connectivity index (χ0v) is 10.4. The zero-order valence-electron chi connectivity index (χ0n) is 10.4. The minimum absolute atomic E-state index is 0.0545. The van der Waals surface area contributed by atoms with Gasteiger partial charge >= 0.3 is 0 Å². The van der Waals surface area contributed by atoms with Gasteiger partial charge in [-0.1, -0.05) is 32.0 Å². The molecule has 1 heterocycles. The van der Waals surface area contributed by atoms with Gasteiger partial charge in [0.25, 0.3) is 5.69 Å². The first-order valence-corrected chi connectivity index (χ1v) is 5.84. The van der Waals surface area contributed by atoms with Gasteiger partial charge in [-0.05, 0) is 6.07 Å². The molecular weight excluding hydrogens is 230 g/mol. The lowest BCUT2D eigenvalue weighted by atomic mass is 10.1. The Kier molecular flexibility index (Phi) is 3.53. The third kappa shape index (κ3) is 2.62. The number of non-ortho nitro benzene ring substituents is 1. The monoisotopic (exact) mass is 245 g/mol. The number of hydrogen-bond donors (Lipinski definition) is 1. The number of rotatable bonds is 4. The van der Waals surface area contributed by atoms with Crippen LogP contribution in [0.4, 0.5) is 5.69 Å². The molecule has 0 aliphatic carbocycles. The Hall–Kier alpha value is -2.01. The summed E-state index contributed by atoms with van der Waals surface area (Å²) in [5, 5.41) is 15.0. The lowest BCUT2D eigenvalue weighted by molar-refractivity contribution is -0.383. The van der Waals surface area contributed by atoms with Gasteiger partial charge in [0.2, 0.25) is 0 Å². The summed E-state index contributed by atoms with van der Waals surface area (Å²) in [6, 6.07) is 9.10. The van der Waals surface area contributed by atoms with E-state index in [1.165, 1.54) is 6.07 Å². The summed E-state index contributed by atoms with van der Waals surface area (Å²) in [5.74, 6) is 0. The van der Waals surface area contributed by atoms with E-state index >= 15 is 0 Å². The first-order chi connectivity index (χ1) is 8.58. The van der Waals surface area contributed by atoms with E-state index in [0.29, 0.717) is 18.1 Å². The Bertz CT molecular complexity index is 581. The van der Waals surface area contributed by atoms with Crippen LogP contribution in [0.3, 0.4) is 0 Å². The van der Waals surface area contributed by atoms with Crippen molar-refractivity contribution in [3.8, 4) is 0 Å². The predicted octanol–water partition coefficient (Wildman–Crippen LogP) is 2.64. The highest BCUT2D eigenvalue weighted by atomic mass is 16.6. The van der Waals surface area contributed by atoms with Crippen LogP contribution in [0.2, 0.25) is 0 Å². The SMILES string of the molecule is CC(C)NCc1ccc2cccc([N+](=O)[O-])c2n1. The molecule has 1 N–H and O–H groups in total. The first kappa shape index (κ1) is 12.4. The van der Waals surface area contributed by atoms with E-state index < -0.39 is 4.92 Å². The van der Waals surface area contributed by atoms with Gasteiger partial charge in [0.1, 0.15) is 5.52 Å². The quantitative estimate of drug-likeness (QED) is 0.664. The molecule has 0 bridgehead atoms. The van der Waals surface area contributed by atoms with E-state index in [-0.39, 0.29) is 5.69 Å². The third-order valence-corrected chi connectivity index (χ3v) is 2.64. The Labute approximate surface area is 105 Å². The average Bonchev–Trinajstić information content (AvgIpc) is 2.35. The Morgan fingerprint density at radius 1 is 1.33 bits per heavy atom. The van der Waals surface area contributed by atoms with Crippen LogP contribution in [0.25, 0.3) is 10.9 Å². The molecule has 2 aromatic rings. The smallest absolute Gasteiger partial charge is 0.295 e. The molecule has 94 valence electrons. The summed E-state index contributed by atoms with van der Waals surface area (Å²) in [7, 11) is 0. The van der Waals surface area contributed by atoms with Crippen molar-refractivity contribution in [2.75, 3.05) is 0 Å². The lowest BCUT2D eigenvalue weighted by Crippen LogP contribution is -2.22. The average molecular weight is 245 g/mol. The third-order valence-electron chi connectivity index (χ3n) is 2.64. The summed E-state index contributed by atoms with van der Waals surface area (Å²) < 4.78 is 0. The molecule has 0 aliphatic heterocycles. The number of fused-ring (bicyclic) bond motifs is 1. The van der Waals surface area contributed by atoms with Crippen LogP contribution < -0.4 is 5.32 Å². The molecule has 0 fully saturated rings. The van der Waals surface area contributed by atoms with Gasteiger partial charge in [-0.3, -0.25) is 10.1 Å². The van der Waals surface area contributed by atoms with Gasteiger partial charge in [0, 0.05) is 24.0 Å².